The number of carbonyl (C=O) groups excluding carboxylic acids is 1. The van der Waals surface area contributed by atoms with E-state index in [1.165, 1.54) is 48.2 Å². The number of nitrogens with zero attached hydrogens (tertiary/aromatic N) is 3. The van der Waals surface area contributed by atoms with Crippen molar-refractivity contribution in [2.75, 3.05) is 17.2 Å². The molecule has 2 heterocycles. The van der Waals surface area contributed by atoms with Crippen molar-refractivity contribution in [3.63, 3.8) is 0 Å². The fourth-order valence-corrected chi connectivity index (χ4v) is 4.62. The molecule has 0 aliphatic carbocycles. The molecule has 0 atom stereocenters. The van der Waals surface area contributed by atoms with Crippen molar-refractivity contribution in [1.29, 1.82) is 0 Å². The van der Waals surface area contributed by atoms with Gasteiger partial charge in [-0.15, -0.1) is 0 Å². The number of aromatic nitrogens is 3. The van der Waals surface area contributed by atoms with Crippen LogP contribution in [-0.4, -0.2) is 31.3 Å². The van der Waals surface area contributed by atoms with Gasteiger partial charge in [-0.2, -0.15) is 0 Å². The topological polar surface area (TPSA) is 127 Å². The third-order valence-corrected chi connectivity index (χ3v) is 6.50. The number of benzene rings is 2. The molecular formula is C25H23FIN5O5. The molecule has 4 rings (SSSR count). The molecule has 0 saturated carbocycles. The quantitative estimate of drug-likeness (QED) is 0.285. The van der Waals surface area contributed by atoms with Gasteiger partial charge in [0.1, 0.15) is 17.0 Å². The van der Waals surface area contributed by atoms with Crippen LogP contribution in [0.4, 0.5) is 21.6 Å². The van der Waals surface area contributed by atoms with Crippen LogP contribution in [0, 0.1) is 16.3 Å². The number of pyridine rings is 1. The van der Waals surface area contributed by atoms with Crippen molar-refractivity contribution in [3.8, 4) is 5.69 Å². The Hall–Kier alpha value is -3.78. The monoisotopic (exact) mass is 619 g/mol. The fraction of sp³-hybridized carbons (Fsp3) is 0.200. The lowest BCUT2D eigenvalue weighted by atomic mass is 10.1. The minimum atomic E-state index is -0.783. The van der Waals surface area contributed by atoms with E-state index < -0.39 is 29.2 Å². The number of fused-ring (bicyclic) bond motifs is 1. The Morgan fingerprint density at radius 2 is 1.84 bits per heavy atom. The van der Waals surface area contributed by atoms with Crippen LogP contribution in [-0.2, 0) is 18.4 Å². The number of aliphatic hydroxyl groups excluding tert-OH is 1. The van der Waals surface area contributed by atoms with Gasteiger partial charge in [-0.3, -0.25) is 28.1 Å². The molecule has 0 spiro atoms. The van der Waals surface area contributed by atoms with Gasteiger partial charge < -0.3 is 15.7 Å². The number of hydrogen-bond acceptors (Lipinski definition) is 6. The minimum absolute atomic E-state index is 0.0193. The second-order valence-corrected chi connectivity index (χ2v) is 9.59. The summed E-state index contributed by atoms with van der Waals surface area (Å²) in [5.74, 6) is -0.940. The predicted octanol–water partition coefficient (Wildman–Crippen LogP) is 2.60. The molecule has 2 aromatic carbocycles. The van der Waals surface area contributed by atoms with Gasteiger partial charge in [0.2, 0.25) is 5.91 Å². The molecule has 192 valence electrons. The van der Waals surface area contributed by atoms with Crippen LogP contribution in [0.5, 0.6) is 0 Å². The van der Waals surface area contributed by atoms with Crippen LogP contribution in [0.3, 0.4) is 0 Å². The van der Waals surface area contributed by atoms with E-state index in [1.54, 1.807) is 24.3 Å². The molecule has 3 N–H and O–H groups in total. The minimum Gasteiger partial charge on any atom is -0.395 e. The van der Waals surface area contributed by atoms with Gasteiger partial charge in [0, 0.05) is 28.8 Å². The summed E-state index contributed by atoms with van der Waals surface area (Å²) >= 11 is 1.96. The van der Waals surface area contributed by atoms with E-state index in [2.05, 4.69) is 10.6 Å². The molecule has 4 aromatic rings. The van der Waals surface area contributed by atoms with Crippen LogP contribution < -0.4 is 27.4 Å². The van der Waals surface area contributed by atoms with Gasteiger partial charge in [0.15, 0.2) is 0 Å². The standard InChI is InChI=1S/C25H23FIN5O5/c1-13-21-20(22(30(3)23(13)35)29-19-8-7-15(27)11-18(19)26)24(36)31(9-10-33)25(37)32(21)17-6-4-5-16(12-17)28-14(2)34/h4-8,11-12,29,33H,9-10H2,1-3H3,(H,28,34). The van der Waals surface area contributed by atoms with Gasteiger partial charge in [-0.25, -0.2) is 9.18 Å². The molecule has 0 bridgehead atoms. The van der Waals surface area contributed by atoms with Crippen molar-refractivity contribution >= 4 is 56.6 Å². The van der Waals surface area contributed by atoms with Gasteiger partial charge >= 0.3 is 5.69 Å². The van der Waals surface area contributed by atoms with Crippen molar-refractivity contribution in [3.05, 3.63) is 88.6 Å². The smallest absolute Gasteiger partial charge is 0.336 e. The highest BCUT2D eigenvalue weighted by Gasteiger charge is 2.23. The lowest BCUT2D eigenvalue weighted by Gasteiger charge is -2.20. The van der Waals surface area contributed by atoms with Crippen LogP contribution in [0.25, 0.3) is 16.6 Å². The maximum atomic E-state index is 14.7. The Kier molecular flexibility index (Phi) is 7.32. The van der Waals surface area contributed by atoms with E-state index in [0.29, 0.717) is 9.26 Å². The number of hydrogen-bond donors (Lipinski definition) is 3. The van der Waals surface area contributed by atoms with Gasteiger partial charge in [-0.05, 0) is 65.9 Å². The molecule has 0 radical (unpaired) electrons. The maximum Gasteiger partial charge on any atom is 0.336 e. The average molecular weight is 619 g/mol. The predicted molar refractivity (Wildman–Crippen MR) is 148 cm³/mol. The first-order valence-corrected chi connectivity index (χ1v) is 12.2. The first kappa shape index (κ1) is 26.3. The molecular weight excluding hydrogens is 596 g/mol. The SMILES string of the molecule is CC(=O)Nc1cccc(-n2c(=O)n(CCO)c(=O)c3c(Nc4ccc(I)cc4F)n(C)c(=O)c(C)c32)c1. The largest absolute Gasteiger partial charge is 0.395 e. The maximum absolute atomic E-state index is 14.7. The second kappa shape index (κ2) is 10.3. The number of anilines is 3. The number of rotatable bonds is 6. The molecule has 0 fully saturated rings. The Morgan fingerprint density at radius 1 is 1.11 bits per heavy atom. The lowest BCUT2D eigenvalue weighted by Crippen LogP contribution is -2.42. The van der Waals surface area contributed by atoms with E-state index >= 15 is 0 Å². The number of halogens is 2. The first-order valence-electron chi connectivity index (χ1n) is 11.1. The number of nitrogens with one attached hydrogen (secondary N) is 2. The van der Waals surface area contributed by atoms with Crippen LogP contribution in [0.2, 0.25) is 0 Å². The zero-order valence-electron chi connectivity index (χ0n) is 20.1. The van der Waals surface area contributed by atoms with E-state index in [4.69, 9.17) is 0 Å². The fourth-order valence-electron chi connectivity index (χ4n) is 4.17. The van der Waals surface area contributed by atoms with E-state index in [0.717, 1.165) is 4.57 Å². The summed E-state index contributed by atoms with van der Waals surface area (Å²) < 4.78 is 18.6. The summed E-state index contributed by atoms with van der Waals surface area (Å²) in [7, 11) is 1.43. The van der Waals surface area contributed by atoms with Crippen LogP contribution in [0.15, 0.2) is 56.8 Å². The van der Waals surface area contributed by atoms with Crippen molar-refractivity contribution in [2.45, 2.75) is 20.4 Å². The highest BCUT2D eigenvalue weighted by atomic mass is 127. The summed E-state index contributed by atoms with van der Waals surface area (Å²) in [5.41, 5.74) is -1.21. The van der Waals surface area contributed by atoms with Gasteiger partial charge in [0.05, 0.1) is 30.0 Å². The van der Waals surface area contributed by atoms with E-state index in [9.17, 15) is 28.7 Å². The summed E-state index contributed by atoms with van der Waals surface area (Å²) in [6.07, 6.45) is 0. The summed E-state index contributed by atoms with van der Waals surface area (Å²) in [6, 6.07) is 10.8. The average Bonchev–Trinajstić information content (AvgIpc) is 2.84. The number of aryl methyl sites for hydroxylation is 1. The second-order valence-electron chi connectivity index (χ2n) is 8.34. The number of aliphatic hydroxyl groups is 1. The van der Waals surface area contributed by atoms with Crippen LogP contribution >= 0.6 is 22.6 Å². The Morgan fingerprint density at radius 3 is 2.49 bits per heavy atom. The third kappa shape index (κ3) is 4.81. The van der Waals surface area contributed by atoms with Gasteiger partial charge in [-0.1, -0.05) is 6.07 Å². The molecule has 2 aromatic heterocycles. The molecule has 0 aliphatic heterocycles. The highest BCUT2D eigenvalue weighted by Crippen LogP contribution is 2.27. The molecule has 37 heavy (non-hydrogen) atoms. The number of carbonyl (C=O) groups is 1. The third-order valence-electron chi connectivity index (χ3n) is 5.83. The zero-order chi connectivity index (χ0) is 27.0. The van der Waals surface area contributed by atoms with Crippen molar-refractivity contribution < 1.29 is 14.3 Å². The molecule has 0 saturated heterocycles. The van der Waals surface area contributed by atoms with E-state index in [1.807, 2.05) is 22.6 Å². The van der Waals surface area contributed by atoms with Crippen molar-refractivity contribution in [2.24, 2.45) is 7.05 Å². The Labute approximate surface area is 223 Å². The van der Waals surface area contributed by atoms with Gasteiger partial charge in [0.25, 0.3) is 11.1 Å². The highest BCUT2D eigenvalue weighted by molar-refractivity contribution is 14.1. The molecule has 1 amide bonds. The summed E-state index contributed by atoms with van der Waals surface area (Å²) in [5, 5.41) is 15.0. The lowest BCUT2D eigenvalue weighted by molar-refractivity contribution is -0.114. The number of amides is 1. The first-order chi connectivity index (χ1) is 17.5. The molecule has 0 aliphatic rings. The zero-order valence-corrected chi connectivity index (χ0v) is 22.3. The molecule has 12 heteroatoms. The van der Waals surface area contributed by atoms with Crippen molar-refractivity contribution in [1.82, 2.24) is 13.7 Å². The normalized spacial score (nSPS) is 11.1. The Balaban J connectivity index is 2.16. The van der Waals surface area contributed by atoms with Crippen LogP contribution in [0.1, 0.15) is 12.5 Å². The molecule has 10 nitrogen and oxygen atoms in total. The van der Waals surface area contributed by atoms with E-state index in [-0.39, 0.29) is 46.1 Å². The Bertz CT molecular complexity index is 1740. The summed E-state index contributed by atoms with van der Waals surface area (Å²) in [6.45, 7) is 2.03. The summed E-state index contributed by atoms with van der Waals surface area (Å²) in [4.78, 5) is 52.1. The molecule has 0 unspecified atom stereocenters.